The van der Waals surface area contributed by atoms with Crippen molar-refractivity contribution in [1.82, 2.24) is 9.55 Å². The molecule has 0 saturated heterocycles. The van der Waals surface area contributed by atoms with Crippen molar-refractivity contribution in [3.05, 3.63) is 70.8 Å². The first-order valence-electron chi connectivity index (χ1n) is 6.03. The fourth-order valence-corrected chi connectivity index (χ4v) is 3.53. The van der Waals surface area contributed by atoms with Gasteiger partial charge in [0, 0.05) is 28.7 Å². The summed E-state index contributed by atoms with van der Waals surface area (Å²) < 4.78 is 3.32. The molecule has 0 amide bonds. The van der Waals surface area contributed by atoms with E-state index >= 15 is 0 Å². The lowest BCUT2D eigenvalue weighted by Gasteiger charge is -2.32. The van der Waals surface area contributed by atoms with Gasteiger partial charge in [0.15, 0.2) is 0 Å². The predicted molar refractivity (Wildman–Crippen MR) is 75.0 cm³/mol. The molecule has 2 nitrogen and oxygen atoms in total. The topological polar surface area (TPSA) is 17.8 Å². The number of imidazole rings is 1. The monoisotopic (exact) mass is 298 g/mol. The molecular formula is C15H11BrN2. The van der Waals surface area contributed by atoms with Crippen LogP contribution in [0.25, 0.3) is 5.69 Å². The van der Waals surface area contributed by atoms with Gasteiger partial charge in [-0.15, -0.1) is 0 Å². The molecular weight excluding hydrogens is 288 g/mol. The highest BCUT2D eigenvalue weighted by atomic mass is 79.9. The van der Waals surface area contributed by atoms with Gasteiger partial charge in [-0.3, -0.25) is 0 Å². The first-order chi connectivity index (χ1) is 8.86. The molecule has 0 N–H and O–H groups in total. The van der Waals surface area contributed by atoms with Gasteiger partial charge < -0.3 is 4.57 Å². The zero-order chi connectivity index (χ0) is 12.1. The summed E-state index contributed by atoms with van der Waals surface area (Å²) in [5.74, 6) is 1.88. The molecule has 2 aromatic rings. The van der Waals surface area contributed by atoms with E-state index in [-0.39, 0.29) is 0 Å². The number of rotatable bonds is 0. The molecule has 2 aliphatic rings. The van der Waals surface area contributed by atoms with Crippen molar-refractivity contribution in [3.63, 3.8) is 0 Å². The lowest BCUT2D eigenvalue weighted by atomic mass is 9.79. The summed E-state index contributed by atoms with van der Waals surface area (Å²) in [6.45, 7) is 0. The molecule has 0 bridgehead atoms. The zero-order valence-corrected chi connectivity index (χ0v) is 11.2. The Hall–Kier alpha value is -1.61. The highest BCUT2D eigenvalue weighted by molar-refractivity contribution is 9.10. The van der Waals surface area contributed by atoms with E-state index in [1.165, 1.54) is 11.3 Å². The Bertz CT molecular complexity index is 682. The van der Waals surface area contributed by atoms with E-state index in [2.05, 4.69) is 68.0 Å². The Morgan fingerprint density at radius 3 is 2.83 bits per heavy atom. The third-order valence-electron chi connectivity index (χ3n) is 3.72. The van der Waals surface area contributed by atoms with Crippen LogP contribution in [-0.2, 0) is 0 Å². The lowest BCUT2D eigenvalue weighted by molar-refractivity contribution is 0.633. The number of hydrogen-bond donors (Lipinski definition) is 0. The molecule has 2 heterocycles. The Labute approximate surface area is 114 Å². The van der Waals surface area contributed by atoms with Crippen LogP contribution < -0.4 is 0 Å². The molecule has 2 atom stereocenters. The van der Waals surface area contributed by atoms with Gasteiger partial charge >= 0.3 is 0 Å². The van der Waals surface area contributed by atoms with E-state index in [1.54, 1.807) is 0 Å². The second-order valence-corrected chi connectivity index (χ2v) is 5.51. The first kappa shape index (κ1) is 10.3. The van der Waals surface area contributed by atoms with Gasteiger partial charge in [-0.1, -0.05) is 36.4 Å². The summed E-state index contributed by atoms with van der Waals surface area (Å²) in [6, 6.07) is 6.41. The first-order valence-corrected chi connectivity index (χ1v) is 6.82. The maximum Gasteiger partial charge on any atom is 0.121 e. The fraction of sp³-hybridized carbons (Fsp3) is 0.133. The molecule has 3 heteroatoms. The van der Waals surface area contributed by atoms with E-state index in [0.717, 1.165) is 10.3 Å². The molecule has 88 valence electrons. The zero-order valence-electron chi connectivity index (χ0n) is 9.62. The Morgan fingerprint density at radius 1 is 1.11 bits per heavy atom. The number of benzene rings is 1. The average molecular weight is 299 g/mol. The number of nitrogens with zero attached hydrogens (tertiary/aromatic N) is 2. The van der Waals surface area contributed by atoms with E-state index in [0.29, 0.717) is 11.8 Å². The van der Waals surface area contributed by atoms with Crippen LogP contribution in [0.5, 0.6) is 0 Å². The molecule has 1 aromatic carbocycles. The van der Waals surface area contributed by atoms with Crippen LogP contribution in [0.4, 0.5) is 0 Å². The number of hydrogen-bond acceptors (Lipinski definition) is 1. The van der Waals surface area contributed by atoms with Crippen molar-refractivity contribution in [2.75, 3.05) is 0 Å². The molecule has 0 saturated carbocycles. The second-order valence-electron chi connectivity index (χ2n) is 4.65. The average Bonchev–Trinajstić information content (AvgIpc) is 2.88. The normalized spacial score (nSPS) is 23.4. The van der Waals surface area contributed by atoms with E-state index in [9.17, 15) is 0 Å². The third kappa shape index (κ3) is 1.25. The van der Waals surface area contributed by atoms with Crippen LogP contribution in [0.2, 0.25) is 0 Å². The van der Waals surface area contributed by atoms with Gasteiger partial charge in [0.2, 0.25) is 0 Å². The third-order valence-corrected chi connectivity index (χ3v) is 4.36. The van der Waals surface area contributed by atoms with Crippen molar-refractivity contribution in [3.8, 4) is 5.69 Å². The quantitative estimate of drug-likeness (QED) is 0.720. The van der Waals surface area contributed by atoms with Gasteiger partial charge in [0.05, 0.1) is 5.69 Å². The van der Waals surface area contributed by atoms with Crippen molar-refractivity contribution < 1.29 is 0 Å². The largest absolute Gasteiger partial charge is 0.302 e. The number of para-hydroxylation sites is 1. The van der Waals surface area contributed by atoms with Crippen LogP contribution in [-0.4, -0.2) is 9.55 Å². The van der Waals surface area contributed by atoms with E-state index in [4.69, 9.17) is 0 Å². The minimum atomic E-state index is 0.354. The summed E-state index contributed by atoms with van der Waals surface area (Å²) in [7, 11) is 0. The SMILES string of the molecule is Brc1cccc2c1-n1ccnc1C1C=CC=CC21. The smallest absolute Gasteiger partial charge is 0.121 e. The minimum absolute atomic E-state index is 0.354. The fourth-order valence-electron chi connectivity index (χ4n) is 2.96. The summed E-state index contributed by atoms with van der Waals surface area (Å²) in [6.07, 6.45) is 12.7. The van der Waals surface area contributed by atoms with Crippen molar-refractivity contribution in [1.29, 1.82) is 0 Å². The van der Waals surface area contributed by atoms with Gasteiger partial charge in [0.25, 0.3) is 0 Å². The molecule has 18 heavy (non-hydrogen) atoms. The molecule has 4 rings (SSSR count). The Morgan fingerprint density at radius 2 is 1.94 bits per heavy atom. The van der Waals surface area contributed by atoms with Crippen LogP contribution >= 0.6 is 15.9 Å². The maximum absolute atomic E-state index is 4.54. The van der Waals surface area contributed by atoms with Gasteiger partial charge in [-0.2, -0.15) is 0 Å². The number of aromatic nitrogens is 2. The molecule has 2 unspecified atom stereocenters. The maximum atomic E-state index is 4.54. The van der Waals surface area contributed by atoms with E-state index in [1.807, 2.05) is 12.4 Å². The standard InChI is InChI=1S/C15H11BrN2/c16-13-7-3-6-11-10-4-1-2-5-12(10)15-17-8-9-18(15)14(11)13/h1-10,12H. The summed E-state index contributed by atoms with van der Waals surface area (Å²) in [4.78, 5) is 4.54. The molecule has 1 aromatic heterocycles. The van der Waals surface area contributed by atoms with Crippen molar-refractivity contribution >= 4 is 15.9 Å². The highest BCUT2D eigenvalue weighted by Gasteiger charge is 2.33. The van der Waals surface area contributed by atoms with E-state index < -0.39 is 0 Å². The number of allylic oxidation sites excluding steroid dienone is 4. The number of fused-ring (bicyclic) bond motifs is 6. The Balaban J connectivity index is 2.07. The summed E-state index contributed by atoms with van der Waals surface area (Å²) in [5.41, 5.74) is 2.59. The summed E-state index contributed by atoms with van der Waals surface area (Å²) in [5, 5.41) is 0. The van der Waals surface area contributed by atoms with Crippen LogP contribution in [0.3, 0.4) is 0 Å². The van der Waals surface area contributed by atoms with Gasteiger partial charge in [-0.05, 0) is 27.6 Å². The molecule has 1 aliphatic heterocycles. The number of halogens is 1. The predicted octanol–water partition coefficient (Wildman–Crippen LogP) is 3.94. The lowest BCUT2D eigenvalue weighted by Crippen LogP contribution is -2.21. The molecule has 0 radical (unpaired) electrons. The van der Waals surface area contributed by atoms with Crippen molar-refractivity contribution in [2.24, 2.45) is 0 Å². The van der Waals surface area contributed by atoms with Crippen LogP contribution in [0.15, 0.2) is 59.4 Å². The molecule has 0 spiro atoms. The van der Waals surface area contributed by atoms with Crippen LogP contribution in [0, 0.1) is 0 Å². The minimum Gasteiger partial charge on any atom is -0.302 e. The highest BCUT2D eigenvalue weighted by Crippen LogP contribution is 2.45. The van der Waals surface area contributed by atoms with Gasteiger partial charge in [0.1, 0.15) is 5.82 Å². The molecule has 0 fully saturated rings. The Kier molecular flexibility index (Phi) is 2.12. The summed E-state index contributed by atoms with van der Waals surface area (Å²) >= 11 is 3.66. The van der Waals surface area contributed by atoms with Crippen LogP contribution in [0.1, 0.15) is 23.2 Å². The molecule has 1 aliphatic carbocycles. The van der Waals surface area contributed by atoms with Crippen molar-refractivity contribution in [2.45, 2.75) is 11.8 Å². The van der Waals surface area contributed by atoms with Gasteiger partial charge in [-0.25, -0.2) is 4.98 Å². The second kappa shape index (κ2) is 3.69.